The molecule has 0 saturated carbocycles. The smallest absolute Gasteiger partial charge is 0.250 e. The van der Waals surface area contributed by atoms with Crippen LogP contribution in [-0.4, -0.2) is 18.2 Å². The highest BCUT2D eigenvalue weighted by atomic mass is 16.2. The summed E-state index contributed by atoms with van der Waals surface area (Å²) in [5, 5.41) is 0. The summed E-state index contributed by atoms with van der Waals surface area (Å²) in [6.45, 7) is 6.57. The number of nitrogens with zero attached hydrogens (tertiary/aromatic N) is 1. The van der Waals surface area contributed by atoms with Gasteiger partial charge in [0.1, 0.15) is 0 Å². The number of benzene rings is 2. The highest BCUT2D eigenvalue weighted by Crippen LogP contribution is 2.29. The normalized spacial score (nSPS) is 13.9. The summed E-state index contributed by atoms with van der Waals surface area (Å²) in [4.78, 5) is 26.2. The lowest BCUT2D eigenvalue weighted by Crippen LogP contribution is -2.34. The van der Waals surface area contributed by atoms with Crippen LogP contribution in [0, 0.1) is 0 Å². The van der Waals surface area contributed by atoms with Crippen molar-refractivity contribution >= 4 is 23.5 Å². The van der Waals surface area contributed by atoms with Crippen molar-refractivity contribution in [3.05, 3.63) is 70.8 Å². The number of amides is 1. The fraction of sp³-hybridized carbons (Fsp3) is 0.304. The molecule has 1 aliphatic heterocycles. The molecular formula is C23H25NO2. The molecule has 0 unspecified atom stereocenters. The molecule has 0 aromatic heterocycles. The molecule has 1 amide bonds. The second-order valence-corrected chi connectivity index (χ2v) is 7.15. The van der Waals surface area contributed by atoms with E-state index in [-0.39, 0.29) is 11.7 Å². The maximum absolute atomic E-state index is 12.7. The van der Waals surface area contributed by atoms with E-state index in [1.807, 2.05) is 36.4 Å². The summed E-state index contributed by atoms with van der Waals surface area (Å²) in [6.07, 6.45) is 5.36. The Hall–Kier alpha value is -2.68. The van der Waals surface area contributed by atoms with Crippen LogP contribution in [-0.2, 0) is 11.2 Å². The summed E-state index contributed by atoms with van der Waals surface area (Å²) in [5.74, 6) is 0.473. The monoisotopic (exact) mass is 347 g/mol. The van der Waals surface area contributed by atoms with Crippen LogP contribution in [0.1, 0.15) is 60.2 Å². The molecule has 1 aliphatic rings. The Morgan fingerprint density at radius 1 is 1.08 bits per heavy atom. The van der Waals surface area contributed by atoms with Crippen LogP contribution in [0.3, 0.4) is 0 Å². The van der Waals surface area contributed by atoms with Crippen molar-refractivity contribution < 1.29 is 9.59 Å². The third-order valence-electron chi connectivity index (χ3n) is 4.90. The van der Waals surface area contributed by atoms with Crippen LogP contribution in [0.4, 0.5) is 5.69 Å². The Labute approximate surface area is 155 Å². The SMILES string of the molecule is CC(=O)c1ccc2c(c1)N(C(=O)/C=C/c1ccc(C(C)C)cc1)CCC2. The van der Waals surface area contributed by atoms with E-state index in [0.29, 0.717) is 18.0 Å². The maximum Gasteiger partial charge on any atom is 0.250 e. The van der Waals surface area contributed by atoms with E-state index in [9.17, 15) is 9.59 Å². The summed E-state index contributed by atoms with van der Waals surface area (Å²) in [7, 11) is 0. The lowest BCUT2D eigenvalue weighted by molar-refractivity contribution is -0.114. The van der Waals surface area contributed by atoms with Crippen LogP contribution in [0.2, 0.25) is 0 Å². The number of carbonyl (C=O) groups excluding carboxylic acids is 2. The number of Topliss-reactive ketones (excluding diaryl/α,β-unsaturated/α-hetero) is 1. The zero-order chi connectivity index (χ0) is 18.7. The van der Waals surface area contributed by atoms with Crippen molar-refractivity contribution in [3.8, 4) is 0 Å². The van der Waals surface area contributed by atoms with Crippen molar-refractivity contribution in [2.45, 2.75) is 39.5 Å². The molecular weight excluding hydrogens is 322 g/mol. The fourth-order valence-electron chi connectivity index (χ4n) is 3.27. The van der Waals surface area contributed by atoms with Crippen LogP contribution in [0.15, 0.2) is 48.5 Å². The van der Waals surface area contributed by atoms with Crippen LogP contribution < -0.4 is 4.90 Å². The minimum Gasteiger partial charge on any atom is -0.309 e. The number of fused-ring (bicyclic) bond motifs is 1. The molecule has 2 aromatic rings. The second-order valence-electron chi connectivity index (χ2n) is 7.15. The minimum absolute atomic E-state index is 0.0200. The van der Waals surface area contributed by atoms with Gasteiger partial charge in [-0.15, -0.1) is 0 Å². The van der Waals surface area contributed by atoms with Gasteiger partial charge in [0.2, 0.25) is 0 Å². The van der Waals surface area contributed by atoms with Gasteiger partial charge in [-0.2, -0.15) is 0 Å². The van der Waals surface area contributed by atoms with Gasteiger partial charge >= 0.3 is 0 Å². The van der Waals surface area contributed by atoms with E-state index in [1.165, 1.54) is 5.56 Å². The number of hydrogen-bond donors (Lipinski definition) is 0. The number of aryl methyl sites for hydroxylation is 1. The largest absolute Gasteiger partial charge is 0.309 e. The summed E-state index contributed by atoms with van der Waals surface area (Å²) in [5.41, 5.74) is 4.95. The molecule has 0 N–H and O–H groups in total. The fourth-order valence-corrected chi connectivity index (χ4v) is 3.27. The van der Waals surface area contributed by atoms with Crippen LogP contribution in [0.25, 0.3) is 6.08 Å². The zero-order valence-electron chi connectivity index (χ0n) is 15.7. The lowest BCUT2D eigenvalue weighted by Gasteiger charge is -2.29. The number of rotatable bonds is 4. The topological polar surface area (TPSA) is 37.4 Å². The third kappa shape index (κ3) is 3.93. The van der Waals surface area contributed by atoms with Gasteiger partial charge in [0, 0.05) is 23.9 Å². The Morgan fingerprint density at radius 3 is 2.46 bits per heavy atom. The molecule has 3 rings (SSSR count). The van der Waals surface area contributed by atoms with Crippen molar-refractivity contribution in [2.24, 2.45) is 0 Å². The van der Waals surface area contributed by atoms with Gasteiger partial charge in [0.15, 0.2) is 5.78 Å². The van der Waals surface area contributed by atoms with Crippen molar-refractivity contribution in [1.82, 2.24) is 0 Å². The number of carbonyl (C=O) groups is 2. The molecule has 0 aliphatic carbocycles. The minimum atomic E-state index is -0.0420. The molecule has 3 nitrogen and oxygen atoms in total. The zero-order valence-corrected chi connectivity index (χ0v) is 15.7. The standard InChI is InChI=1S/C23H25NO2/c1-16(2)19-9-6-18(7-10-19)8-13-23(26)24-14-4-5-20-11-12-21(17(3)25)15-22(20)24/h6-13,15-16H,4-5,14H2,1-3H3/b13-8+. The van der Waals surface area contributed by atoms with Crippen molar-refractivity contribution in [3.63, 3.8) is 0 Å². The summed E-state index contributed by atoms with van der Waals surface area (Å²) in [6, 6.07) is 13.9. The van der Waals surface area contributed by atoms with E-state index < -0.39 is 0 Å². The number of hydrogen-bond acceptors (Lipinski definition) is 2. The second kappa shape index (κ2) is 7.69. The highest BCUT2D eigenvalue weighted by Gasteiger charge is 2.21. The molecule has 0 bridgehead atoms. The third-order valence-corrected chi connectivity index (χ3v) is 4.90. The quantitative estimate of drug-likeness (QED) is 0.576. The van der Waals surface area contributed by atoms with Gasteiger partial charge in [-0.3, -0.25) is 9.59 Å². The van der Waals surface area contributed by atoms with E-state index >= 15 is 0 Å². The predicted octanol–water partition coefficient (Wildman–Crippen LogP) is 5.01. The molecule has 3 heteroatoms. The molecule has 0 saturated heterocycles. The average Bonchev–Trinajstić information content (AvgIpc) is 2.65. The van der Waals surface area contributed by atoms with Gasteiger partial charge in [-0.1, -0.05) is 50.2 Å². The van der Waals surface area contributed by atoms with Gasteiger partial charge in [-0.05, 0) is 54.5 Å². The van der Waals surface area contributed by atoms with Gasteiger partial charge < -0.3 is 4.90 Å². The van der Waals surface area contributed by atoms with Crippen molar-refractivity contribution in [1.29, 1.82) is 0 Å². The Kier molecular flexibility index (Phi) is 5.36. The molecule has 26 heavy (non-hydrogen) atoms. The first kappa shape index (κ1) is 18.1. The first-order valence-electron chi connectivity index (χ1n) is 9.19. The molecule has 1 heterocycles. The molecule has 0 fully saturated rings. The number of ketones is 1. The molecule has 0 radical (unpaired) electrons. The van der Waals surface area contributed by atoms with E-state index in [0.717, 1.165) is 29.7 Å². The van der Waals surface area contributed by atoms with E-state index in [4.69, 9.17) is 0 Å². The Morgan fingerprint density at radius 2 is 1.81 bits per heavy atom. The van der Waals surface area contributed by atoms with Gasteiger partial charge in [0.25, 0.3) is 5.91 Å². The highest BCUT2D eigenvalue weighted by molar-refractivity contribution is 6.05. The molecule has 2 aromatic carbocycles. The average molecular weight is 347 g/mol. The van der Waals surface area contributed by atoms with Crippen LogP contribution in [0.5, 0.6) is 0 Å². The van der Waals surface area contributed by atoms with Crippen molar-refractivity contribution in [2.75, 3.05) is 11.4 Å². The first-order valence-corrected chi connectivity index (χ1v) is 9.19. The maximum atomic E-state index is 12.7. The Bertz CT molecular complexity index is 847. The lowest BCUT2D eigenvalue weighted by atomic mass is 9.98. The van der Waals surface area contributed by atoms with Crippen LogP contribution >= 0.6 is 0 Å². The number of anilines is 1. The molecule has 0 atom stereocenters. The Balaban J connectivity index is 1.80. The summed E-state index contributed by atoms with van der Waals surface area (Å²) >= 11 is 0. The molecule has 134 valence electrons. The van der Waals surface area contributed by atoms with E-state index in [1.54, 1.807) is 17.9 Å². The van der Waals surface area contributed by atoms with Gasteiger partial charge in [-0.25, -0.2) is 0 Å². The van der Waals surface area contributed by atoms with E-state index in [2.05, 4.69) is 26.0 Å². The van der Waals surface area contributed by atoms with Gasteiger partial charge in [0.05, 0.1) is 0 Å². The molecule has 0 spiro atoms. The predicted molar refractivity (Wildman–Crippen MR) is 107 cm³/mol. The summed E-state index contributed by atoms with van der Waals surface area (Å²) < 4.78 is 0. The first-order chi connectivity index (χ1) is 12.5.